The fraction of sp³-hybridized carbons (Fsp3) is 0.227. The van der Waals surface area contributed by atoms with E-state index in [9.17, 15) is 4.79 Å². The van der Waals surface area contributed by atoms with E-state index in [-0.39, 0.29) is 11.9 Å². The van der Waals surface area contributed by atoms with Gasteiger partial charge in [-0.1, -0.05) is 64.8 Å². The molecule has 156 valence electrons. The van der Waals surface area contributed by atoms with Crippen LogP contribution in [0.15, 0.2) is 60.3 Å². The lowest BCUT2D eigenvalue weighted by Crippen LogP contribution is -2.28. The van der Waals surface area contributed by atoms with E-state index in [2.05, 4.69) is 22.1 Å². The van der Waals surface area contributed by atoms with Crippen molar-refractivity contribution < 1.29 is 4.79 Å². The molecule has 0 saturated heterocycles. The number of allylic oxidation sites excluding steroid dienone is 1. The van der Waals surface area contributed by atoms with E-state index in [4.69, 9.17) is 23.2 Å². The van der Waals surface area contributed by atoms with Gasteiger partial charge in [-0.2, -0.15) is 0 Å². The van der Waals surface area contributed by atoms with E-state index in [0.717, 1.165) is 16.3 Å². The Kier molecular flexibility index (Phi) is 7.58. The summed E-state index contributed by atoms with van der Waals surface area (Å²) in [5.74, 6) is 1.13. The molecule has 0 bridgehead atoms. The van der Waals surface area contributed by atoms with Crippen LogP contribution in [0.5, 0.6) is 0 Å². The molecule has 5 nitrogen and oxygen atoms in total. The number of hydrogen-bond donors (Lipinski definition) is 1. The van der Waals surface area contributed by atoms with Crippen LogP contribution in [-0.4, -0.2) is 20.7 Å². The van der Waals surface area contributed by atoms with E-state index < -0.39 is 0 Å². The molecule has 1 aromatic heterocycles. The predicted molar refractivity (Wildman–Crippen MR) is 123 cm³/mol. The number of nitrogens with zero attached hydrogens (tertiary/aromatic N) is 3. The van der Waals surface area contributed by atoms with Crippen LogP contribution in [-0.2, 0) is 12.3 Å². The number of carbonyl (C=O) groups excluding carboxylic acids is 1. The molecule has 0 radical (unpaired) electrons. The van der Waals surface area contributed by atoms with Crippen LogP contribution in [0.1, 0.15) is 40.3 Å². The topological polar surface area (TPSA) is 59.8 Å². The smallest absolute Gasteiger partial charge is 0.251 e. The van der Waals surface area contributed by atoms with Gasteiger partial charge in [0.1, 0.15) is 0 Å². The Balaban J connectivity index is 1.74. The molecule has 0 aliphatic rings. The van der Waals surface area contributed by atoms with Gasteiger partial charge in [-0.15, -0.1) is 16.8 Å². The Morgan fingerprint density at radius 1 is 1.23 bits per heavy atom. The first-order valence-corrected chi connectivity index (χ1v) is 11.1. The predicted octanol–water partition coefficient (Wildman–Crippen LogP) is 5.86. The number of benzene rings is 2. The summed E-state index contributed by atoms with van der Waals surface area (Å²) in [4.78, 5) is 12.6. The van der Waals surface area contributed by atoms with E-state index in [1.165, 1.54) is 11.8 Å². The van der Waals surface area contributed by atoms with E-state index >= 15 is 0 Å². The highest BCUT2D eigenvalue weighted by molar-refractivity contribution is 7.98. The van der Waals surface area contributed by atoms with Crippen molar-refractivity contribution >= 4 is 40.9 Å². The van der Waals surface area contributed by atoms with Gasteiger partial charge in [0.2, 0.25) is 0 Å². The second-order valence-electron chi connectivity index (χ2n) is 6.83. The van der Waals surface area contributed by atoms with Gasteiger partial charge in [0.15, 0.2) is 11.0 Å². The highest BCUT2D eigenvalue weighted by atomic mass is 35.5. The molecular formula is C22H22Cl2N4OS. The molecule has 2 aromatic carbocycles. The molecule has 8 heteroatoms. The number of nitrogens with one attached hydrogen (secondary N) is 1. The summed E-state index contributed by atoms with van der Waals surface area (Å²) < 4.78 is 1.95. The fourth-order valence-corrected chi connectivity index (χ4v) is 4.37. The zero-order valence-electron chi connectivity index (χ0n) is 16.7. The second-order valence-corrected chi connectivity index (χ2v) is 8.61. The quantitative estimate of drug-likeness (QED) is 0.337. The number of thioether (sulfide) groups is 1. The Hall–Kier alpha value is -2.28. The molecule has 1 heterocycles. The Labute approximate surface area is 190 Å². The monoisotopic (exact) mass is 460 g/mol. The van der Waals surface area contributed by atoms with Crippen molar-refractivity contribution in [2.75, 3.05) is 0 Å². The maximum absolute atomic E-state index is 12.6. The van der Waals surface area contributed by atoms with Crippen LogP contribution in [0, 0.1) is 6.92 Å². The number of carbonyl (C=O) groups is 1. The first-order chi connectivity index (χ1) is 14.4. The van der Waals surface area contributed by atoms with Crippen LogP contribution in [0.3, 0.4) is 0 Å². The molecule has 0 aliphatic heterocycles. The van der Waals surface area contributed by atoms with Crippen LogP contribution in [0.4, 0.5) is 0 Å². The lowest BCUT2D eigenvalue weighted by molar-refractivity contribution is 0.0937. The Morgan fingerprint density at radius 2 is 1.97 bits per heavy atom. The van der Waals surface area contributed by atoms with Crippen molar-refractivity contribution in [2.24, 2.45) is 0 Å². The standard InChI is InChI=1S/C22H22Cl2N4OS/c1-4-11-28-20(15(3)25-21(29)16-7-5-14(2)6-8-16)26-27-22(28)30-13-17-9-10-18(23)12-19(17)24/h4-10,12,15H,1,11,13H2,2-3H3,(H,25,29)/t15-/m1/s1. The molecule has 0 fully saturated rings. The van der Waals surface area contributed by atoms with Crippen molar-refractivity contribution in [3.05, 3.63) is 87.7 Å². The highest BCUT2D eigenvalue weighted by Gasteiger charge is 2.20. The third-order valence-electron chi connectivity index (χ3n) is 4.48. The van der Waals surface area contributed by atoms with Gasteiger partial charge in [-0.05, 0) is 43.7 Å². The number of aromatic nitrogens is 3. The van der Waals surface area contributed by atoms with Gasteiger partial charge in [-0.3, -0.25) is 4.79 Å². The Bertz CT molecular complexity index is 1050. The van der Waals surface area contributed by atoms with E-state index in [1.54, 1.807) is 12.1 Å². The second kappa shape index (κ2) is 10.2. The number of aryl methyl sites for hydroxylation is 1. The number of rotatable bonds is 8. The van der Waals surface area contributed by atoms with Crippen molar-refractivity contribution in [1.82, 2.24) is 20.1 Å². The maximum atomic E-state index is 12.6. The van der Waals surface area contributed by atoms with Crippen LogP contribution in [0.25, 0.3) is 0 Å². The maximum Gasteiger partial charge on any atom is 0.251 e. The third-order valence-corrected chi connectivity index (χ3v) is 6.08. The third kappa shape index (κ3) is 5.45. The molecule has 3 aromatic rings. The molecule has 0 aliphatic carbocycles. The molecule has 30 heavy (non-hydrogen) atoms. The minimum atomic E-state index is -0.320. The molecule has 1 amide bonds. The molecular weight excluding hydrogens is 439 g/mol. The van der Waals surface area contributed by atoms with Gasteiger partial charge < -0.3 is 9.88 Å². The average molecular weight is 461 g/mol. The summed E-state index contributed by atoms with van der Waals surface area (Å²) in [7, 11) is 0. The summed E-state index contributed by atoms with van der Waals surface area (Å²) in [5.41, 5.74) is 2.67. The zero-order valence-corrected chi connectivity index (χ0v) is 19.1. The molecule has 1 N–H and O–H groups in total. The van der Waals surface area contributed by atoms with Gasteiger partial charge >= 0.3 is 0 Å². The van der Waals surface area contributed by atoms with Crippen LogP contribution >= 0.6 is 35.0 Å². The van der Waals surface area contributed by atoms with Gasteiger partial charge in [0.05, 0.1) is 6.04 Å². The summed E-state index contributed by atoms with van der Waals surface area (Å²) in [6.07, 6.45) is 1.78. The Morgan fingerprint density at radius 3 is 2.63 bits per heavy atom. The summed E-state index contributed by atoms with van der Waals surface area (Å²) in [6, 6.07) is 12.6. The lowest BCUT2D eigenvalue weighted by Gasteiger charge is -2.15. The van der Waals surface area contributed by atoms with Gasteiger partial charge in [-0.25, -0.2) is 0 Å². The van der Waals surface area contributed by atoms with Crippen molar-refractivity contribution in [3.63, 3.8) is 0 Å². The summed E-state index contributed by atoms with van der Waals surface area (Å²) >= 11 is 13.8. The molecule has 0 unspecified atom stereocenters. The van der Waals surface area contributed by atoms with Gasteiger partial charge in [0, 0.05) is 27.9 Å². The molecule has 0 spiro atoms. The molecule has 1 atom stereocenters. The van der Waals surface area contributed by atoms with E-state index in [0.29, 0.717) is 33.7 Å². The normalized spacial score (nSPS) is 11.9. The zero-order chi connectivity index (χ0) is 21.7. The molecule has 0 saturated carbocycles. The summed E-state index contributed by atoms with van der Waals surface area (Å²) in [5, 5.41) is 13.6. The number of hydrogen-bond acceptors (Lipinski definition) is 4. The number of amides is 1. The first kappa shape index (κ1) is 22.4. The van der Waals surface area contributed by atoms with Crippen molar-refractivity contribution in [1.29, 1.82) is 0 Å². The summed E-state index contributed by atoms with van der Waals surface area (Å²) in [6.45, 7) is 8.23. The largest absolute Gasteiger partial charge is 0.342 e. The molecule has 3 rings (SSSR count). The first-order valence-electron chi connectivity index (χ1n) is 9.37. The highest BCUT2D eigenvalue weighted by Crippen LogP contribution is 2.29. The van der Waals surface area contributed by atoms with Crippen LogP contribution in [0.2, 0.25) is 10.0 Å². The number of halogens is 2. The minimum Gasteiger partial charge on any atom is -0.342 e. The average Bonchev–Trinajstić information content (AvgIpc) is 3.11. The lowest BCUT2D eigenvalue weighted by atomic mass is 10.1. The van der Waals surface area contributed by atoms with Crippen molar-refractivity contribution in [3.8, 4) is 0 Å². The minimum absolute atomic E-state index is 0.155. The fourth-order valence-electron chi connectivity index (χ4n) is 2.86. The van der Waals surface area contributed by atoms with E-state index in [1.807, 2.05) is 54.8 Å². The van der Waals surface area contributed by atoms with Gasteiger partial charge in [0.25, 0.3) is 5.91 Å². The SMILES string of the molecule is C=CCn1c(SCc2ccc(Cl)cc2Cl)nnc1[C@@H](C)NC(=O)c1ccc(C)cc1. The van der Waals surface area contributed by atoms with Crippen LogP contribution < -0.4 is 5.32 Å². The van der Waals surface area contributed by atoms with Crippen molar-refractivity contribution in [2.45, 2.75) is 37.3 Å².